The molecule has 2 aliphatic rings. The Morgan fingerprint density at radius 1 is 1.13 bits per heavy atom. The van der Waals surface area contributed by atoms with Gasteiger partial charge in [-0.05, 0) is 50.8 Å². The predicted molar refractivity (Wildman–Crippen MR) is 111 cm³/mol. The topological polar surface area (TPSA) is 92.8 Å². The molecule has 4 rings (SSSR count). The van der Waals surface area contributed by atoms with Crippen LogP contribution in [0.2, 0.25) is 0 Å². The van der Waals surface area contributed by atoms with Gasteiger partial charge in [-0.1, -0.05) is 19.8 Å². The molecule has 0 aromatic carbocycles. The molecular formula is C23H27N3O5. The van der Waals surface area contributed by atoms with Crippen molar-refractivity contribution in [1.29, 1.82) is 0 Å². The Bertz CT molecular complexity index is 1040. The fourth-order valence-corrected chi connectivity index (χ4v) is 4.75. The monoisotopic (exact) mass is 425 g/mol. The van der Waals surface area contributed by atoms with Crippen molar-refractivity contribution in [2.24, 2.45) is 5.92 Å². The van der Waals surface area contributed by atoms with E-state index in [0.717, 1.165) is 46.2 Å². The van der Waals surface area contributed by atoms with Gasteiger partial charge in [-0.25, -0.2) is 9.69 Å². The molecule has 3 heterocycles. The second-order valence-corrected chi connectivity index (χ2v) is 8.55. The molecule has 2 atom stereocenters. The Labute approximate surface area is 180 Å². The molecule has 0 spiro atoms. The fourth-order valence-electron chi connectivity index (χ4n) is 4.75. The Morgan fingerprint density at radius 2 is 1.87 bits per heavy atom. The van der Waals surface area contributed by atoms with Crippen LogP contribution in [-0.2, 0) is 16.1 Å². The lowest BCUT2D eigenvalue weighted by atomic mass is 9.85. The molecule has 1 aliphatic heterocycles. The number of amides is 4. The molecule has 2 aromatic heterocycles. The molecular weight excluding hydrogens is 398 g/mol. The number of rotatable bonds is 6. The van der Waals surface area contributed by atoms with Crippen LogP contribution in [0, 0.1) is 19.8 Å². The molecule has 8 nitrogen and oxygen atoms in total. The highest BCUT2D eigenvalue weighted by molar-refractivity contribution is 6.45. The fraction of sp³-hybridized carbons (Fsp3) is 0.478. The molecule has 0 N–H and O–H groups in total. The number of carbonyl (C=O) groups is 4. The van der Waals surface area contributed by atoms with Crippen molar-refractivity contribution >= 4 is 23.6 Å². The van der Waals surface area contributed by atoms with E-state index in [9.17, 15) is 19.2 Å². The largest absolute Gasteiger partial charge is 0.467 e. The zero-order valence-electron chi connectivity index (χ0n) is 18.1. The molecule has 2 aromatic rings. The molecule has 4 amide bonds. The third-order valence-corrected chi connectivity index (χ3v) is 6.55. The molecule has 0 radical (unpaired) electrons. The Balaban J connectivity index is 1.53. The third kappa shape index (κ3) is 3.71. The number of aryl methyl sites for hydroxylation is 1. The first-order valence-electron chi connectivity index (χ1n) is 10.7. The lowest BCUT2D eigenvalue weighted by Gasteiger charge is -2.34. The average molecular weight is 425 g/mol. The van der Waals surface area contributed by atoms with Gasteiger partial charge in [-0.2, -0.15) is 0 Å². The van der Waals surface area contributed by atoms with Crippen molar-refractivity contribution in [1.82, 2.24) is 14.4 Å². The summed E-state index contributed by atoms with van der Waals surface area (Å²) < 4.78 is 7.34. The van der Waals surface area contributed by atoms with E-state index in [4.69, 9.17) is 4.42 Å². The number of hydrogen-bond donors (Lipinski definition) is 0. The highest BCUT2D eigenvalue weighted by atomic mass is 16.3. The summed E-state index contributed by atoms with van der Waals surface area (Å²) in [5.41, 5.74) is 2.02. The summed E-state index contributed by atoms with van der Waals surface area (Å²) in [4.78, 5) is 53.0. The van der Waals surface area contributed by atoms with Gasteiger partial charge >= 0.3 is 17.8 Å². The van der Waals surface area contributed by atoms with E-state index < -0.39 is 24.4 Å². The smallest absolute Gasteiger partial charge is 0.334 e. The van der Waals surface area contributed by atoms with Crippen LogP contribution in [0.4, 0.5) is 4.79 Å². The van der Waals surface area contributed by atoms with Crippen LogP contribution in [0.5, 0.6) is 0 Å². The summed E-state index contributed by atoms with van der Waals surface area (Å²) >= 11 is 0. The van der Waals surface area contributed by atoms with Gasteiger partial charge in [0.1, 0.15) is 5.76 Å². The van der Waals surface area contributed by atoms with Gasteiger partial charge in [0, 0.05) is 23.0 Å². The molecule has 31 heavy (non-hydrogen) atoms. The van der Waals surface area contributed by atoms with Crippen LogP contribution >= 0.6 is 0 Å². The molecule has 0 bridgehead atoms. The van der Waals surface area contributed by atoms with Gasteiger partial charge in [0.05, 0.1) is 19.4 Å². The van der Waals surface area contributed by atoms with Crippen LogP contribution in [-0.4, -0.2) is 50.6 Å². The van der Waals surface area contributed by atoms with E-state index in [1.165, 1.54) is 0 Å². The van der Waals surface area contributed by atoms with Crippen LogP contribution in [0.3, 0.4) is 0 Å². The number of aromatic nitrogens is 1. The van der Waals surface area contributed by atoms with Crippen LogP contribution in [0.1, 0.15) is 60.1 Å². The Kier molecular flexibility index (Phi) is 5.56. The summed E-state index contributed by atoms with van der Waals surface area (Å²) in [6.45, 7) is 5.74. The zero-order valence-corrected chi connectivity index (χ0v) is 18.1. The minimum Gasteiger partial charge on any atom is -0.467 e. The molecule has 2 fully saturated rings. The summed E-state index contributed by atoms with van der Waals surface area (Å²) in [5, 5.41) is 0. The Morgan fingerprint density at radius 3 is 2.55 bits per heavy atom. The Hall–Kier alpha value is -3.16. The van der Waals surface area contributed by atoms with E-state index in [1.54, 1.807) is 18.4 Å². The molecule has 1 aliphatic carbocycles. The van der Waals surface area contributed by atoms with E-state index in [2.05, 4.69) is 0 Å². The van der Waals surface area contributed by atoms with Gasteiger partial charge < -0.3 is 8.98 Å². The molecule has 1 saturated carbocycles. The minimum atomic E-state index is -0.916. The van der Waals surface area contributed by atoms with Crippen LogP contribution in [0.15, 0.2) is 28.9 Å². The van der Waals surface area contributed by atoms with Crippen molar-refractivity contribution < 1.29 is 23.6 Å². The van der Waals surface area contributed by atoms with Crippen LogP contribution < -0.4 is 0 Å². The number of hydrogen-bond acceptors (Lipinski definition) is 5. The van der Waals surface area contributed by atoms with Gasteiger partial charge in [0.25, 0.3) is 0 Å². The quantitative estimate of drug-likeness (QED) is 0.402. The predicted octanol–water partition coefficient (Wildman–Crippen LogP) is 3.30. The number of imide groups is 2. The lowest BCUT2D eigenvalue weighted by molar-refractivity contribution is -0.144. The van der Waals surface area contributed by atoms with Crippen molar-refractivity contribution in [3.05, 3.63) is 47.2 Å². The van der Waals surface area contributed by atoms with E-state index >= 15 is 0 Å². The second kappa shape index (κ2) is 8.17. The number of furan rings is 1. The van der Waals surface area contributed by atoms with Gasteiger partial charge in [0.2, 0.25) is 0 Å². The van der Waals surface area contributed by atoms with Crippen molar-refractivity contribution in [2.75, 3.05) is 6.54 Å². The standard InChI is InChI=1S/C23H27N3O5/c1-14-7-4-5-9-19(14)26-22(29)21(28)25(23(26)30)13-20(27)18-11-15(2)24(16(18)3)12-17-8-6-10-31-17/h6,8,10-11,14,19H,4-5,7,9,12-13H2,1-3H3/t14-,19+/m1/s1. The molecule has 8 heteroatoms. The average Bonchev–Trinajstić information content (AvgIpc) is 3.41. The van der Waals surface area contributed by atoms with E-state index in [1.807, 2.05) is 31.4 Å². The first-order chi connectivity index (χ1) is 14.8. The highest BCUT2D eigenvalue weighted by Gasteiger charge is 2.49. The summed E-state index contributed by atoms with van der Waals surface area (Å²) in [6, 6.07) is 4.45. The first-order valence-corrected chi connectivity index (χ1v) is 10.7. The summed E-state index contributed by atoms with van der Waals surface area (Å²) in [6.07, 6.45) is 5.17. The summed E-state index contributed by atoms with van der Waals surface area (Å²) in [7, 11) is 0. The number of ketones is 1. The maximum atomic E-state index is 13.0. The number of urea groups is 1. The minimum absolute atomic E-state index is 0.144. The highest BCUT2D eigenvalue weighted by Crippen LogP contribution is 2.31. The lowest BCUT2D eigenvalue weighted by Crippen LogP contribution is -2.46. The van der Waals surface area contributed by atoms with E-state index in [0.29, 0.717) is 18.5 Å². The number of Topliss-reactive ketones (excluding diaryl/α,β-unsaturated/α-hetero) is 1. The van der Waals surface area contributed by atoms with Gasteiger partial charge in [-0.15, -0.1) is 0 Å². The SMILES string of the molecule is Cc1cc(C(=O)CN2C(=O)C(=O)N([C@H]3CCCC[C@H]3C)C2=O)c(C)n1Cc1ccco1. The van der Waals surface area contributed by atoms with Crippen molar-refractivity contribution in [3.8, 4) is 0 Å². The molecule has 0 unspecified atom stereocenters. The maximum Gasteiger partial charge on any atom is 0.334 e. The summed E-state index contributed by atoms with van der Waals surface area (Å²) in [5.74, 6) is -1.20. The molecule has 1 saturated heterocycles. The van der Waals surface area contributed by atoms with Crippen molar-refractivity contribution in [3.63, 3.8) is 0 Å². The second-order valence-electron chi connectivity index (χ2n) is 8.55. The maximum absolute atomic E-state index is 13.0. The first kappa shape index (κ1) is 21.1. The van der Waals surface area contributed by atoms with E-state index in [-0.39, 0.29) is 17.7 Å². The number of carbonyl (C=O) groups excluding carboxylic acids is 4. The van der Waals surface area contributed by atoms with Gasteiger partial charge in [0.15, 0.2) is 5.78 Å². The van der Waals surface area contributed by atoms with Crippen LogP contribution in [0.25, 0.3) is 0 Å². The van der Waals surface area contributed by atoms with Crippen molar-refractivity contribution in [2.45, 2.75) is 59.0 Å². The number of nitrogens with zero attached hydrogens (tertiary/aromatic N) is 3. The zero-order chi connectivity index (χ0) is 22.3. The third-order valence-electron chi connectivity index (χ3n) is 6.55. The normalized spacial score (nSPS) is 22.0. The van der Waals surface area contributed by atoms with Gasteiger partial charge in [-0.3, -0.25) is 19.3 Å². The molecule has 164 valence electrons.